The first-order valence-electron chi connectivity index (χ1n) is 6.96. The van der Waals surface area contributed by atoms with Crippen LogP contribution in [0, 0.1) is 0 Å². The van der Waals surface area contributed by atoms with Crippen LogP contribution in [-0.2, 0) is 13.0 Å². The summed E-state index contributed by atoms with van der Waals surface area (Å²) in [4.78, 5) is 0. The van der Waals surface area contributed by atoms with Gasteiger partial charge in [-0.05, 0) is 42.3 Å². The molecule has 0 spiro atoms. The molecule has 1 heterocycles. The van der Waals surface area contributed by atoms with Crippen LogP contribution in [0.15, 0.2) is 42.5 Å². The molecule has 20 heavy (non-hydrogen) atoms. The van der Waals surface area contributed by atoms with E-state index >= 15 is 0 Å². The minimum Gasteiger partial charge on any atom is -0.486 e. The maximum absolute atomic E-state index is 5.62. The smallest absolute Gasteiger partial charge is 0.161 e. The van der Waals surface area contributed by atoms with Crippen LogP contribution < -0.4 is 14.8 Å². The predicted octanol–water partition coefficient (Wildman–Crippen LogP) is 2.77. The van der Waals surface area contributed by atoms with Gasteiger partial charge in [0.1, 0.15) is 13.2 Å². The van der Waals surface area contributed by atoms with E-state index in [9.17, 15) is 0 Å². The van der Waals surface area contributed by atoms with Gasteiger partial charge in [0.25, 0.3) is 0 Å². The van der Waals surface area contributed by atoms with E-state index in [0.29, 0.717) is 13.2 Å². The Morgan fingerprint density at radius 1 is 0.850 bits per heavy atom. The molecule has 0 saturated heterocycles. The van der Waals surface area contributed by atoms with Crippen molar-refractivity contribution < 1.29 is 9.47 Å². The second-order valence-electron chi connectivity index (χ2n) is 5.00. The van der Waals surface area contributed by atoms with Crippen LogP contribution in [0.1, 0.15) is 16.7 Å². The zero-order valence-corrected chi connectivity index (χ0v) is 11.7. The predicted molar refractivity (Wildman–Crippen MR) is 79.4 cm³/mol. The van der Waals surface area contributed by atoms with Gasteiger partial charge in [0.15, 0.2) is 11.5 Å². The summed E-state index contributed by atoms with van der Waals surface area (Å²) in [5, 5.41) is 3.16. The van der Waals surface area contributed by atoms with Crippen molar-refractivity contribution in [2.45, 2.75) is 13.0 Å². The van der Waals surface area contributed by atoms with Crippen molar-refractivity contribution in [2.24, 2.45) is 0 Å². The molecule has 0 radical (unpaired) electrons. The summed E-state index contributed by atoms with van der Waals surface area (Å²) in [6.07, 6.45) is 0.913. The average molecular weight is 269 g/mol. The molecule has 0 fully saturated rings. The van der Waals surface area contributed by atoms with Crippen molar-refractivity contribution in [2.75, 3.05) is 20.3 Å². The van der Waals surface area contributed by atoms with Crippen molar-refractivity contribution in [3.8, 4) is 11.5 Å². The Bertz CT molecular complexity index is 578. The standard InChI is InChI=1S/C17H19NO2/c1-18-12-14-4-2-13(3-5-14)10-15-6-7-16-17(11-15)20-9-8-19-16/h2-7,11,18H,8-10,12H2,1H3. The van der Waals surface area contributed by atoms with Crippen molar-refractivity contribution >= 4 is 0 Å². The molecule has 2 aromatic carbocycles. The fourth-order valence-electron chi connectivity index (χ4n) is 2.41. The number of fused-ring (bicyclic) bond motifs is 1. The number of hydrogen-bond acceptors (Lipinski definition) is 3. The van der Waals surface area contributed by atoms with Crippen LogP contribution in [0.3, 0.4) is 0 Å². The molecule has 0 atom stereocenters. The summed E-state index contributed by atoms with van der Waals surface area (Å²) in [6.45, 7) is 2.18. The van der Waals surface area contributed by atoms with Crippen LogP contribution >= 0.6 is 0 Å². The van der Waals surface area contributed by atoms with Gasteiger partial charge in [0.05, 0.1) is 0 Å². The Labute approximate surface area is 119 Å². The summed E-state index contributed by atoms with van der Waals surface area (Å²) < 4.78 is 11.2. The van der Waals surface area contributed by atoms with E-state index in [1.54, 1.807) is 0 Å². The fourth-order valence-corrected chi connectivity index (χ4v) is 2.41. The third-order valence-electron chi connectivity index (χ3n) is 3.42. The largest absolute Gasteiger partial charge is 0.486 e. The lowest BCUT2D eigenvalue weighted by atomic mass is 10.0. The van der Waals surface area contributed by atoms with Crippen molar-refractivity contribution in [1.29, 1.82) is 0 Å². The molecule has 0 aliphatic carbocycles. The maximum atomic E-state index is 5.62. The van der Waals surface area contributed by atoms with Crippen molar-refractivity contribution in [3.63, 3.8) is 0 Å². The van der Waals surface area contributed by atoms with E-state index in [4.69, 9.17) is 9.47 Å². The van der Waals surface area contributed by atoms with Gasteiger partial charge in [-0.25, -0.2) is 0 Å². The van der Waals surface area contributed by atoms with Gasteiger partial charge in [-0.2, -0.15) is 0 Å². The first-order chi connectivity index (χ1) is 9.85. The second-order valence-corrected chi connectivity index (χ2v) is 5.00. The summed E-state index contributed by atoms with van der Waals surface area (Å²) in [5.74, 6) is 1.71. The molecule has 1 aliphatic rings. The zero-order chi connectivity index (χ0) is 13.8. The molecule has 1 aliphatic heterocycles. The molecule has 0 amide bonds. The molecule has 0 saturated carbocycles. The Morgan fingerprint density at radius 2 is 1.50 bits per heavy atom. The van der Waals surface area contributed by atoms with E-state index in [-0.39, 0.29) is 0 Å². The molecule has 3 nitrogen and oxygen atoms in total. The topological polar surface area (TPSA) is 30.5 Å². The van der Waals surface area contributed by atoms with Crippen molar-refractivity contribution in [1.82, 2.24) is 5.32 Å². The number of benzene rings is 2. The fraction of sp³-hybridized carbons (Fsp3) is 0.294. The molecule has 3 heteroatoms. The monoisotopic (exact) mass is 269 g/mol. The highest BCUT2D eigenvalue weighted by Gasteiger charge is 2.11. The summed E-state index contributed by atoms with van der Waals surface area (Å²) in [7, 11) is 1.96. The normalized spacial score (nSPS) is 13.2. The highest BCUT2D eigenvalue weighted by Crippen LogP contribution is 2.31. The van der Waals surface area contributed by atoms with Crippen molar-refractivity contribution in [3.05, 3.63) is 59.2 Å². The average Bonchev–Trinajstić information content (AvgIpc) is 2.49. The Kier molecular flexibility index (Phi) is 3.88. The summed E-state index contributed by atoms with van der Waals surface area (Å²) in [5.41, 5.74) is 3.86. The van der Waals surface area contributed by atoms with E-state index in [0.717, 1.165) is 24.5 Å². The summed E-state index contributed by atoms with van der Waals surface area (Å²) in [6, 6.07) is 14.9. The minimum atomic E-state index is 0.634. The number of nitrogens with one attached hydrogen (secondary N) is 1. The van der Waals surface area contributed by atoms with Gasteiger partial charge < -0.3 is 14.8 Å². The van der Waals surface area contributed by atoms with Gasteiger partial charge >= 0.3 is 0 Å². The first-order valence-corrected chi connectivity index (χ1v) is 6.96. The van der Waals surface area contributed by atoms with Crippen LogP contribution in [0.2, 0.25) is 0 Å². The Balaban J connectivity index is 1.73. The van der Waals surface area contributed by atoms with Gasteiger partial charge in [0, 0.05) is 6.54 Å². The lowest BCUT2D eigenvalue weighted by molar-refractivity contribution is 0.171. The molecular formula is C17H19NO2. The van der Waals surface area contributed by atoms with Crippen LogP contribution in [0.4, 0.5) is 0 Å². The van der Waals surface area contributed by atoms with Crippen LogP contribution in [0.5, 0.6) is 11.5 Å². The Hall–Kier alpha value is -2.00. The van der Waals surface area contributed by atoms with E-state index in [1.165, 1.54) is 16.7 Å². The number of ether oxygens (including phenoxy) is 2. The molecule has 2 aromatic rings. The van der Waals surface area contributed by atoms with E-state index in [2.05, 4.69) is 41.7 Å². The highest BCUT2D eigenvalue weighted by molar-refractivity contribution is 5.45. The third kappa shape index (κ3) is 2.94. The van der Waals surface area contributed by atoms with E-state index in [1.807, 2.05) is 13.1 Å². The summed E-state index contributed by atoms with van der Waals surface area (Å²) >= 11 is 0. The Morgan fingerprint density at radius 3 is 2.25 bits per heavy atom. The lowest BCUT2D eigenvalue weighted by Crippen LogP contribution is -2.15. The lowest BCUT2D eigenvalue weighted by Gasteiger charge is -2.18. The highest BCUT2D eigenvalue weighted by atomic mass is 16.6. The van der Waals surface area contributed by atoms with Gasteiger partial charge in [0.2, 0.25) is 0 Å². The SMILES string of the molecule is CNCc1ccc(Cc2ccc3c(c2)OCCO3)cc1. The zero-order valence-electron chi connectivity index (χ0n) is 11.7. The number of rotatable bonds is 4. The quantitative estimate of drug-likeness (QED) is 0.926. The molecule has 0 bridgehead atoms. The molecule has 104 valence electrons. The van der Waals surface area contributed by atoms with Gasteiger partial charge in [-0.1, -0.05) is 30.3 Å². The minimum absolute atomic E-state index is 0.634. The maximum Gasteiger partial charge on any atom is 0.161 e. The molecule has 3 rings (SSSR count). The third-order valence-corrected chi connectivity index (χ3v) is 3.42. The van der Waals surface area contributed by atoms with E-state index < -0.39 is 0 Å². The molecular weight excluding hydrogens is 250 g/mol. The second kappa shape index (κ2) is 5.97. The van der Waals surface area contributed by atoms with Gasteiger partial charge in [-0.15, -0.1) is 0 Å². The molecule has 0 unspecified atom stereocenters. The van der Waals surface area contributed by atoms with Crippen LogP contribution in [0.25, 0.3) is 0 Å². The molecule has 1 N–H and O–H groups in total. The molecule has 0 aromatic heterocycles. The van der Waals surface area contributed by atoms with Gasteiger partial charge in [-0.3, -0.25) is 0 Å². The number of hydrogen-bond donors (Lipinski definition) is 1. The van der Waals surface area contributed by atoms with Crippen LogP contribution in [-0.4, -0.2) is 20.3 Å². The first kappa shape index (κ1) is 13.0.